The van der Waals surface area contributed by atoms with Crippen LogP contribution in [0.4, 0.5) is 0 Å². The van der Waals surface area contributed by atoms with Gasteiger partial charge in [0.1, 0.15) is 6.61 Å². The van der Waals surface area contributed by atoms with Crippen LogP contribution in [0.25, 0.3) is 0 Å². The predicted octanol–water partition coefficient (Wildman–Crippen LogP) is 1.18. The fraction of sp³-hybridized carbons (Fsp3) is 0.750. The topological polar surface area (TPSA) is 54.0 Å². The zero-order valence-corrected chi connectivity index (χ0v) is 10.6. The van der Waals surface area contributed by atoms with Crippen molar-refractivity contribution in [3.05, 3.63) is 12.2 Å². The molecule has 0 aromatic rings. The second kappa shape index (κ2) is 13.2. The van der Waals surface area contributed by atoms with Crippen LogP contribution in [0.1, 0.15) is 13.8 Å². The van der Waals surface area contributed by atoms with Gasteiger partial charge in [-0.2, -0.15) is 0 Å². The highest BCUT2D eigenvalue weighted by atomic mass is 16.6. The third-order valence-electron chi connectivity index (χ3n) is 1.72. The summed E-state index contributed by atoms with van der Waals surface area (Å²) in [6, 6.07) is 0. The van der Waals surface area contributed by atoms with Crippen molar-refractivity contribution in [2.24, 2.45) is 0 Å². The third kappa shape index (κ3) is 13.0. The van der Waals surface area contributed by atoms with Crippen molar-refractivity contribution >= 4 is 5.97 Å². The van der Waals surface area contributed by atoms with Crippen LogP contribution in [0.3, 0.4) is 0 Å². The van der Waals surface area contributed by atoms with Crippen LogP contribution in [0.2, 0.25) is 0 Å². The Balaban J connectivity index is 3.06. The molecule has 0 atom stereocenters. The Morgan fingerprint density at radius 1 is 0.941 bits per heavy atom. The Morgan fingerprint density at radius 3 is 2.00 bits per heavy atom. The van der Waals surface area contributed by atoms with Crippen LogP contribution in [0, 0.1) is 0 Å². The maximum Gasteiger partial charge on any atom is 0.330 e. The number of carbonyl (C=O) groups excluding carboxylic acids is 1. The molecule has 0 radical (unpaired) electrons. The normalized spacial score (nSPS) is 10.9. The number of allylic oxidation sites excluding steroid dienone is 1. The van der Waals surface area contributed by atoms with E-state index >= 15 is 0 Å². The van der Waals surface area contributed by atoms with E-state index in [1.165, 1.54) is 6.08 Å². The molecule has 0 bridgehead atoms. The van der Waals surface area contributed by atoms with Gasteiger partial charge in [-0.15, -0.1) is 0 Å². The first-order valence-electron chi connectivity index (χ1n) is 5.84. The molecule has 0 heterocycles. The number of hydrogen-bond donors (Lipinski definition) is 0. The number of hydrogen-bond acceptors (Lipinski definition) is 5. The molecule has 0 aliphatic rings. The van der Waals surface area contributed by atoms with Gasteiger partial charge < -0.3 is 18.9 Å². The molecule has 17 heavy (non-hydrogen) atoms. The van der Waals surface area contributed by atoms with Crippen LogP contribution in [-0.4, -0.2) is 52.2 Å². The van der Waals surface area contributed by atoms with Crippen LogP contribution in [0.15, 0.2) is 12.2 Å². The van der Waals surface area contributed by atoms with Crippen LogP contribution >= 0.6 is 0 Å². The smallest absolute Gasteiger partial charge is 0.330 e. The molecule has 0 spiro atoms. The van der Waals surface area contributed by atoms with Gasteiger partial charge in [-0.05, 0) is 13.8 Å². The van der Waals surface area contributed by atoms with Gasteiger partial charge in [-0.3, -0.25) is 0 Å². The highest BCUT2D eigenvalue weighted by molar-refractivity contribution is 5.81. The summed E-state index contributed by atoms with van der Waals surface area (Å²) in [7, 11) is 0. The highest BCUT2D eigenvalue weighted by Crippen LogP contribution is 1.84. The molecule has 0 N–H and O–H groups in total. The van der Waals surface area contributed by atoms with Gasteiger partial charge >= 0.3 is 5.97 Å². The predicted molar refractivity (Wildman–Crippen MR) is 63.9 cm³/mol. The van der Waals surface area contributed by atoms with Gasteiger partial charge in [0.05, 0.1) is 33.0 Å². The van der Waals surface area contributed by atoms with Crippen molar-refractivity contribution in [1.29, 1.82) is 0 Å². The molecule has 5 heteroatoms. The molecule has 0 aromatic heterocycles. The average molecular weight is 246 g/mol. The molecule has 0 amide bonds. The minimum absolute atomic E-state index is 0.266. The average Bonchev–Trinajstić information content (AvgIpc) is 2.32. The Hall–Kier alpha value is -0.910. The van der Waals surface area contributed by atoms with E-state index in [1.54, 1.807) is 13.0 Å². The Bertz CT molecular complexity index is 203. The van der Waals surface area contributed by atoms with E-state index in [2.05, 4.69) is 0 Å². The van der Waals surface area contributed by atoms with E-state index in [4.69, 9.17) is 18.9 Å². The van der Waals surface area contributed by atoms with Gasteiger partial charge in [0.2, 0.25) is 0 Å². The minimum Gasteiger partial charge on any atom is -0.460 e. The molecule has 0 unspecified atom stereocenters. The standard InChI is InChI=1S/C12H22O5/c1-3-5-12(13)17-11-10-16-9-8-15-7-6-14-4-2/h3,5H,4,6-11H2,1-2H3/b5-3+. The van der Waals surface area contributed by atoms with Crippen molar-refractivity contribution in [2.75, 3.05) is 46.2 Å². The molecular weight excluding hydrogens is 224 g/mol. The summed E-state index contributed by atoms with van der Waals surface area (Å²) >= 11 is 0. The Kier molecular flexibility index (Phi) is 12.5. The maximum absolute atomic E-state index is 10.9. The summed E-state index contributed by atoms with van der Waals surface area (Å²) < 4.78 is 20.4. The van der Waals surface area contributed by atoms with Crippen LogP contribution < -0.4 is 0 Å². The zero-order chi connectivity index (χ0) is 12.8. The van der Waals surface area contributed by atoms with Crippen molar-refractivity contribution in [2.45, 2.75) is 13.8 Å². The highest BCUT2D eigenvalue weighted by Gasteiger charge is 1.95. The van der Waals surface area contributed by atoms with E-state index < -0.39 is 0 Å². The summed E-state index contributed by atoms with van der Waals surface area (Å²) in [5.74, 6) is -0.343. The Morgan fingerprint density at radius 2 is 1.47 bits per heavy atom. The van der Waals surface area contributed by atoms with Crippen molar-refractivity contribution in [3.8, 4) is 0 Å². The van der Waals surface area contributed by atoms with Crippen LogP contribution in [0.5, 0.6) is 0 Å². The van der Waals surface area contributed by atoms with Crippen molar-refractivity contribution in [1.82, 2.24) is 0 Å². The number of carbonyl (C=O) groups is 1. The summed E-state index contributed by atoms with van der Waals surface area (Å²) in [6.45, 7) is 7.27. The lowest BCUT2D eigenvalue weighted by molar-refractivity contribution is -0.139. The first-order chi connectivity index (χ1) is 8.31. The van der Waals surface area contributed by atoms with E-state index in [-0.39, 0.29) is 12.6 Å². The van der Waals surface area contributed by atoms with E-state index in [9.17, 15) is 4.79 Å². The lowest BCUT2D eigenvalue weighted by Crippen LogP contribution is -2.13. The largest absolute Gasteiger partial charge is 0.460 e. The van der Waals surface area contributed by atoms with E-state index in [0.717, 1.165) is 0 Å². The molecule has 100 valence electrons. The minimum atomic E-state index is -0.343. The second-order valence-corrected chi connectivity index (χ2v) is 3.09. The molecule has 0 aliphatic carbocycles. The molecule has 0 rings (SSSR count). The molecular formula is C12H22O5. The summed E-state index contributed by atoms with van der Waals surface area (Å²) in [5.41, 5.74) is 0. The van der Waals surface area contributed by atoms with E-state index in [0.29, 0.717) is 39.6 Å². The molecule has 5 nitrogen and oxygen atoms in total. The Labute approximate surface area is 103 Å². The quantitative estimate of drug-likeness (QED) is 0.311. The fourth-order valence-corrected chi connectivity index (χ4v) is 0.970. The molecule has 0 aromatic carbocycles. The number of rotatable bonds is 11. The number of esters is 1. The lowest BCUT2D eigenvalue weighted by Gasteiger charge is -2.06. The second-order valence-electron chi connectivity index (χ2n) is 3.09. The summed E-state index contributed by atoms with van der Waals surface area (Å²) in [6.07, 6.45) is 3.01. The maximum atomic E-state index is 10.9. The molecule has 0 saturated heterocycles. The van der Waals surface area contributed by atoms with E-state index in [1.807, 2.05) is 6.92 Å². The first kappa shape index (κ1) is 16.1. The number of ether oxygens (including phenoxy) is 4. The zero-order valence-electron chi connectivity index (χ0n) is 10.6. The molecule has 0 aliphatic heterocycles. The van der Waals surface area contributed by atoms with Gasteiger partial charge in [-0.1, -0.05) is 6.08 Å². The molecule has 0 saturated carbocycles. The first-order valence-corrected chi connectivity index (χ1v) is 5.84. The fourth-order valence-electron chi connectivity index (χ4n) is 0.970. The van der Waals surface area contributed by atoms with Gasteiger partial charge in [0.15, 0.2) is 0 Å². The summed E-state index contributed by atoms with van der Waals surface area (Å²) in [5, 5.41) is 0. The third-order valence-corrected chi connectivity index (χ3v) is 1.72. The SMILES string of the molecule is C/C=C/C(=O)OCCOCCOCCOCC. The van der Waals surface area contributed by atoms with Crippen molar-refractivity contribution in [3.63, 3.8) is 0 Å². The van der Waals surface area contributed by atoms with Crippen LogP contribution in [-0.2, 0) is 23.7 Å². The van der Waals surface area contributed by atoms with Gasteiger partial charge in [0.25, 0.3) is 0 Å². The van der Waals surface area contributed by atoms with Gasteiger partial charge in [-0.25, -0.2) is 4.79 Å². The molecule has 0 fully saturated rings. The van der Waals surface area contributed by atoms with Gasteiger partial charge in [0, 0.05) is 12.7 Å². The lowest BCUT2D eigenvalue weighted by atomic mass is 10.5. The van der Waals surface area contributed by atoms with Crippen molar-refractivity contribution < 1.29 is 23.7 Å². The summed E-state index contributed by atoms with van der Waals surface area (Å²) in [4.78, 5) is 10.9. The monoisotopic (exact) mass is 246 g/mol.